The van der Waals surface area contributed by atoms with E-state index in [9.17, 15) is 13.2 Å². The molecule has 28 heavy (non-hydrogen) atoms. The van der Waals surface area contributed by atoms with Gasteiger partial charge in [0.2, 0.25) is 5.91 Å². The highest BCUT2D eigenvalue weighted by molar-refractivity contribution is 7.89. The Morgan fingerprint density at radius 3 is 2.68 bits per heavy atom. The van der Waals surface area contributed by atoms with Crippen molar-refractivity contribution in [3.8, 4) is 0 Å². The van der Waals surface area contributed by atoms with Gasteiger partial charge in [0.15, 0.2) is 5.03 Å². The van der Waals surface area contributed by atoms with Crippen LogP contribution in [-0.4, -0.2) is 41.3 Å². The number of fused-ring (bicyclic) bond motifs is 1. The van der Waals surface area contributed by atoms with Crippen LogP contribution in [0, 0.1) is 0 Å². The van der Waals surface area contributed by atoms with Crippen LogP contribution in [0.4, 0.5) is 5.69 Å². The number of sulfonamides is 1. The Hall–Kier alpha value is -2.19. The predicted molar refractivity (Wildman–Crippen MR) is 107 cm³/mol. The number of rotatable bonds is 5. The van der Waals surface area contributed by atoms with Crippen LogP contribution in [-0.2, 0) is 34.2 Å². The fourth-order valence-corrected chi connectivity index (χ4v) is 5.50. The first-order valence-electron chi connectivity index (χ1n) is 9.96. The van der Waals surface area contributed by atoms with E-state index in [1.54, 1.807) is 0 Å². The van der Waals surface area contributed by atoms with Crippen molar-refractivity contribution in [2.24, 2.45) is 0 Å². The number of aryl methyl sites for hydroxylation is 1. The quantitative estimate of drug-likeness (QED) is 0.833. The molecule has 1 fully saturated rings. The molecule has 1 saturated heterocycles. The predicted octanol–water partition coefficient (Wildman–Crippen LogP) is 2.58. The van der Waals surface area contributed by atoms with E-state index >= 15 is 0 Å². The Balaban J connectivity index is 1.43. The summed E-state index contributed by atoms with van der Waals surface area (Å²) >= 11 is 0. The summed E-state index contributed by atoms with van der Waals surface area (Å²) in [6.45, 7) is 1.11. The number of imidazole rings is 1. The fraction of sp³-hybridized carbons (Fsp3) is 0.500. The molecule has 1 aliphatic carbocycles. The molecule has 0 spiro atoms. The van der Waals surface area contributed by atoms with E-state index in [1.165, 1.54) is 38.9 Å². The minimum Gasteiger partial charge on any atom is -0.327 e. The van der Waals surface area contributed by atoms with Crippen molar-refractivity contribution in [1.82, 2.24) is 13.9 Å². The van der Waals surface area contributed by atoms with Gasteiger partial charge < -0.3 is 9.88 Å². The average Bonchev–Trinajstić information content (AvgIpc) is 3.18. The number of nitrogens with one attached hydrogen (secondary N) is 1. The minimum atomic E-state index is -3.58. The van der Waals surface area contributed by atoms with E-state index in [1.807, 2.05) is 12.1 Å². The van der Waals surface area contributed by atoms with Crippen LogP contribution in [0.15, 0.2) is 35.7 Å². The maximum absolute atomic E-state index is 12.7. The maximum atomic E-state index is 12.7. The third kappa shape index (κ3) is 3.98. The van der Waals surface area contributed by atoms with Gasteiger partial charge in [-0.3, -0.25) is 4.79 Å². The lowest BCUT2D eigenvalue weighted by Gasteiger charge is -2.24. The molecule has 0 bridgehead atoms. The maximum Gasteiger partial charge on any atom is 0.262 e. The summed E-state index contributed by atoms with van der Waals surface area (Å²) < 4.78 is 28.4. The van der Waals surface area contributed by atoms with E-state index in [-0.39, 0.29) is 17.5 Å². The molecule has 8 heteroatoms. The zero-order chi connectivity index (χ0) is 19.6. The van der Waals surface area contributed by atoms with Gasteiger partial charge in [0.1, 0.15) is 6.54 Å². The Bertz CT molecular complexity index is 962. The summed E-state index contributed by atoms with van der Waals surface area (Å²) in [6, 6.07) is 6.03. The van der Waals surface area contributed by atoms with Crippen LogP contribution in [0.3, 0.4) is 0 Å². The Morgan fingerprint density at radius 2 is 1.86 bits per heavy atom. The van der Waals surface area contributed by atoms with Gasteiger partial charge in [-0.25, -0.2) is 13.4 Å². The Labute approximate surface area is 165 Å². The van der Waals surface area contributed by atoms with Crippen LogP contribution in [0.1, 0.15) is 43.2 Å². The first-order chi connectivity index (χ1) is 13.5. The van der Waals surface area contributed by atoms with E-state index in [2.05, 4.69) is 16.4 Å². The minimum absolute atomic E-state index is 0.0132. The second-order valence-corrected chi connectivity index (χ2v) is 9.43. The summed E-state index contributed by atoms with van der Waals surface area (Å²) in [5.74, 6) is -0.182. The van der Waals surface area contributed by atoms with Gasteiger partial charge in [-0.2, -0.15) is 4.31 Å². The lowest BCUT2D eigenvalue weighted by atomic mass is 9.90. The molecule has 0 atom stereocenters. The molecule has 150 valence electrons. The highest BCUT2D eigenvalue weighted by atomic mass is 32.2. The Morgan fingerprint density at radius 1 is 1.07 bits per heavy atom. The summed E-state index contributed by atoms with van der Waals surface area (Å²) in [6.07, 6.45) is 10.0. The molecular weight excluding hydrogens is 376 g/mol. The molecule has 1 aromatic heterocycles. The number of amides is 1. The van der Waals surface area contributed by atoms with Crippen molar-refractivity contribution < 1.29 is 13.2 Å². The molecule has 4 rings (SSSR count). The number of carbonyl (C=O) groups is 1. The van der Waals surface area contributed by atoms with Gasteiger partial charge in [0, 0.05) is 25.0 Å². The fourth-order valence-electron chi connectivity index (χ4n) is 4.05. The van der Waals surface area contributed by atoms with Gasteiger partial charge in [-0.15, -0.1) is 0 Å². The number of anilines is 1. The molecule has 7 nitrogen and oxygen atoms in total. The van der Waals surface area contributed by atoms with Crippen LogP contribution >= 0.6 is 0 Å². The smallest absolute Gasteiger partial charge is 0.262 e. The van der Waals surface area contributed by atoms with Gasteiger partial charge >= 0.3 is 0 Å². The molecular formula is C20H26N4O3S. The average molecular weight is 403 g/mol. The highest BCUT2D eigenvalue weighted by Gasteiger charge is 2.28. The van der Waals surface area contributed by atoms with Crippen LogP contribution < -0.4 is 5.32 Å². The van der Waals surface area contributed by atoms with Crippen molar-refractivity contribution in [2.45, 2.75) is 56.5 Å². The zero-order valence-corrected chi connectivity index (χ0v) is 16.7. The summed E-state index contributed by atoms with van der Waals surface area (Å²) in [4.78, 5) is 16.6. The molecule has 0 radical (unpaired) electrons. The van der Waals surface area contributed by atoms with Crippen molar-refractivity contribution in [3.63, 3.8) is 0 Å². The summed E-state index contributed by atoms with van der Waals surface area (Å²) in [5.41, 5.74) is 3.39. The number of aromatic nitrogens is 2. The second kappa shape index (κ2) is 8.05. The van der Waals surface area contributed by atoms with E-state index < -0.39 is 10.0 Å². The van der Waals surface area contributed by atoms with Crippen LogP contribution in [0.25, 0.3) is 0 Å². The van der Waals surface area contributed by atoms with Crippen molar-refractivity contribution in [1.29, 1.82) is 0 Å². The number of hydrogen-bond donors (Lipinski definition) is 1. The number of piperidine rings is 1. The van der Waals surface area contributed by atoms with Crippen LogP contribution in [0.2, 0.25) is 0 Å². The second-order valence-electron chi connectivity index (χ2n) is 7.55. The molecule has 2 heterocycles. The molecule has 1 aliphatic heterocycles. The molecule has 1 amide bonds. The standard InChI is InChI=1S/C20H26N4O3S/c25-19(22-18-10-6-8-16-7-2-3-9-17(16)18)13-23-14-20(21-15-23)28(26,27)24-11-4-1-5-12-24/h6,8,10,14-15H,1-5,7,9,11-13H2,(H,22,25). The largest absolute Gasteiger partial charge is 0.327 e. The van der Waals surface area contributed by atoms with Crippen LogP contribution in [0.5, 0.6) is 0 Å². The number of hydrogen-bond acceptors (Lipinski definition) is 4. The van der Waals surface area contributed by atoms with Gasteiger partial charge in [0.25, 0.3) is 10.0 Å². The summed E-state index contributed by atoms with van der Waals surface area (Å²) in [7, 11) is -3.58. The van der Waals surface area contributed by atoms with E-state index in [0.29, 0.717) is 13.1 Å². The Kier molecular flexibility index (Phi) is 5.50. The molecule has 2 aliphatic rings. The topological polar surface area (TPSA) is 84.3 Å². The van der Waals surface area contributed by atoms with Crippen molar-refractivity contribution in [3.05, 3.63) is 41.9 Å². The molecule has 1 aromatic carbocycles. The third-order valence-corrected chi connectivity index (χ3v) is 7.31. The molecule has 1 N–H and O–H groups in total. The van der Waals surface area contributed by atoms with Crippen molar-refractivity contribution in [2.75, 3.05) is 18.4 Å². The molecule has 0 saturated carbocycles. The third-order valence-electron chi connectivity index (χ3n) is 5.52. The molecule has 0 unspecified atom stereocenters. The number of carbonyl (C=O) groups excluding carboxylic acids is 1. The summed E-state index contributed by atoms with van der Waals surface area (Å²) in [5, 5.41) is 3.00. The molecule has 2 aromatic rings. The zero-order valence-electron chi connectivity index (χ0n) is 15.9. The monoisotopic (exact) mass is 402 g/mol. The van der Waals surface area contributed by atoms with E-state index in [4.69, 9.17) is 0 Å². The SMILES string of the molecule is O=C(Cn1cnc(S(=O)(=O)N2CCCCC2)c1)Nc1cccc2c1CCCC2. The first-order valence-corrected chi connectivity index (χ1v) is 11.4. The van der Waals surface area contributed by atoms with Crippen molar-refractivity contribution >= 4 is 21.6 Å². The lowest BCUT2D eigenvalue weighted by Crippen LogP contribution is -2.35. The van der Waals surface area contributed by atoms with Gasteiger partial charge in [-0.1, -0.05) is 18.6 Å². The number of nitrogens with zero attached hydrogens (tertiary/aromatic N) is 3. The lowest BCUT2D eigenvalue weighted by molar-refractivity contribution is -0.116. The van der Waals surface area contributed by atoms with Gasteiger partial charge in [-0.05, 0) is 55.7 Å². The first kappa shape index (κ1) is 19.1. The van der Waals surface area contributed by atoms with Gasteiger partial charge in [0.05, 0.1) is 6.33 Å². The highest BCUT2D eigenvalue weighted by Crippen LogP contribution is 2.28. The number of benzene rings is 1. The van der Waals surface area contributed by atoms with E-state index in [0.717, 1.165) is 44.2 Å². The normalized spacial score (nSPS) is 17.9.